The zero-order chi connectivity index (χ0) is 29.1. The smallest absolute Gasteiger partial charge is 0.488 e. The monoisotopic (exact) mass is 618 g/mol. The average Bonchev–Trinajstić information content (AvgIpc) is 3.75. The van der Waals surface area contributed by atoms with E-state index in [1.807, 2.05) is 4.72 Å². The highest BCUT2D eigenvalue weighted by atomic mass is 35.5. The first-order valence-electron chi connectivity index (χ1n) is 13.4. The highest BCUT2D eigenvalue weighted by molar-refractivity contribution is 7.91. The fraction of sp³-hybridized carbons (Fsp3) is 0.519. The molecule has 14 heteroatoms. The summed E-state index contributed by atoms with van der Waals surface area (Å²) >= 11 is 5.96. The summed E-state index contributed by atoms with van der Waals surface area (Å²) < 4.78 is 95.7. The first-order chi connectivity index (χ1) is 19.3. The summed E-state index contributed by atoms with van der Waals surface area (Å²) in [6.07, 6.45) is -1.08. The largest absolute Gasteiger partial charge is 0.573 e. The van der Waals surface area contributed by atoms with E-state index in [0.29, 0.717) is 30.6 Å². The van der Waals surface area contributed by atoms with Crippen molar-refractivity contribution in [3.8, 4) is 17.2 Å². The molecule has 41 heavy (non-hydrogen) atoms. The molecule has 2 aromatic carbocycles. The van der Waals surface area contributed by atoms with Gasteiger partial charge >= 0.3 is 6.36 Å². The van der Waals surface area contributed by atoms with Gasteiger partial charge in [0.2, 0.25) is 10.0 Å². The van der Waals surface area contributed by atoms with E-state index in [2.05, 4.69) is 10.1 Å². The van der Waals surface area contributed by atoms with E-state index in [0.717, 1.165) is 43.9 Å². The molecule has 2 N–H and O–H groups in total. The Kier molecular flexibility index (Phi) is 7.26. The van der Waals surface area contributed by atoms with E-state index in [4.69, 9.17) is 21.1 Å². The summed E-state index contributed by atoms with van der Waals surface area (Å²) in [5.41, 5.74) is 0.325. The van der Waals surface area contributed by atoms with E-state index >= 15 is 4.39 Å². The van der Waals surface area contributed by atoms with Crippen LogP contribution in [0, 0.1) is 11.7 Å². The van der Waals surface area contributed by atoms with Crippen LogP contribution in [-0.4, -0.2) is 44.3 Å². The number of hydrogen-bond donors (Lipinski definition) is 2. The normalized spacial score (nSPS) is 26.0. The van der Waals surface area contributed by atoms with Gasteiger partial charge in [0.25, 0.3) is 5.91 Å². The molecule has 3 aliphatic carbocycles. The Morgan fingerprint density at radius 2 is 1.71 bits per heavy atom. The number of halogens is 5. The number of piperidine rings is 1. The standard InChI is InChI=1S/C27H27ClF4N2O6S/c28-15-8-16(10-17(9-15)40-27(30,31)32)38-24-7-14-3-6-22(33-24)25(14)39-23-12-21(29)20(11-19(23)13-1-2-13)26(35)34-41(36,37)18-4-5-18/h8-14,18,22,24-25,33H,1-7H2,(H,34,35)/t14-,22-,24+,25+/m0/s1. The Morgan fingerprint density at radius 3 is 2.37 bits per heavy atom. The van der Waals surface area contributed by atoms with Crippen LogP contribution in [0.15, 0.2) is 30.3 Å². The van der Waals surface area contributed by atoms with Crippen molar-refractivity contribution in [1.82, 2.24) is 10.0 Å². The molecule has 0 aromatic heterocycles. The molecule has 4 aliphatic rings. The van der Waals surface area contributed by atoms with E-state index in [1.54, 1.807) is 0 Å². The summed E-state index contributed by atoms with van der Waals surface area (Å²) in [6.45, 7) is 0. The summed E-state index contributed by atoms with van der Waals surface area (Å²) in [6, 6.07) is 5.93. The molecule has 0 radical (unpaired) electrons. The maximum Gasteiger partial charge on any atom is 0.573 e. The van der Waals surface area contributed by atoms with Gasteiger partial charge in [0.15, 0.2) is 6.23 Å². The second kappa shape index (κ2) is 10.5. The number of carbonyl (C=O) groups is 1. The molecular weight excluding hydrogens is 592 g/mol. The molecule has 4 fully saturated rings. The van der Waals surface area contributed by atoms with Gasteiger partial charge < -0.3 is 14.2 Å². The molecule has 6 rings (SSSR count). The third-order valence-electron chi connectivity index (χ3n) is 7.81. The molecular formula is C27H27ClF4N2O6S. The second-order valence-corrected chi connectivity index (χ2v) is 13.4. The van der Waals surface area contributed by atoms with Crippen molar-refractivity contribution in [2.75, 3.05) is 0 Å². The number of amides is 1. The minimum Gasteiger partial charge on any atom is -0.488 e. The molecule has 222 valence electrons. The van der Waals surface area contributed by atoms with Gasteiger partial charge in [-0.3, -0.25) is 10.1 Å². The maximum atomic E-state index is 15.1. The van der Waals surface area contributed by atoms with Crippen LogP contribution in [0.1, 0.15) is 66.8 Å². The van der Waals surface area contributed by atoms with Crippen molar-refractivity contribution in [3.63, 3.8) is 0 Å². The van der Waals surface area contributed by atoms with Crippen LogP contribution in [-0.2, 0) is 10.0 Å². The number of sulfonamides is 1. The molecule has 0 unspecified atom stereocenters. The zero-order valence-corrected chi connectivity index (χ0v) is 23.1. The summed E-state index contributed by atoms with van der Waals surface area (Å²) in [4.78, 5) is 12.7. The summed E-state index contributed by atoms with van der Waals surface area (Å²) in [7, 11) is -3.83. The Morgan fingerprint density at radius 1 is 0.976 bits per heavy atom. The van der Waals surface area contributed by atoms with Gasteiger partial charge in [-0.05, 0) is 68.2 Å². The molecule has 1 aliphatic heterocycles. The zero-order valence-electron chi connectivity index (χ0n) is 21.5. The van der Waals surface area contributed by atoms with E-state index in [9.17, 15) is 26.4 Å². The predicted octanol–water partition coefficient (Wildman–Crippen LogP) is 5.40. The number of ether oxygens (including phenoxy) is 3. The lowest BCUT2D eigenvalue weighted by Gasteiger charge is -2.37. The fourth-order valence-corrected chi connectivity index (χ4v) is 7.15. The molecule has 2 aromatic rings. The van der Waals surface area contributed by atoms with Crippen LogP contribution in [0.4, 0.5) is 17.6 Å². The van der Waals surface area contributed by atoms with Crippen molar-refractivity contribution < 1.29 is 45.0 Å². The van der Waals surface area contributed by atoms with Crippen molar-refractivity contribution in [1.29, 1.82) is 0 Å². The molecule has 2 bridgehead atoms. The fourth-order valence-electron chi connectivity index (χ4n) is 5.64. The number of benzene rings is 2. The average molecular weight is 619 g/mol. The number of carbonyl (C=O) groups excluding carboxylic acids is 1. The van der Waals surface area contributed by atoms with Gasteiger partial charge in [-0.1, -0.05) is 11.6 Å². The Balaban J connectivity index is 1.15. The van der Waals surface area contributed by atoms with Crippen molar-refractivity contribution in [2.45, 2.75) is 80.8 Å². The lowest BCUT2D eigenvalue weighted by atomic mass is 9.95. The third kappa shape index (κ3) is 6.51. The van der Waals surface area contributed by atoms with Crippen LogP contribution in [0.5, 0.6) is 17.2 Å². The number of hydrogen-bond acceptors (Lipinski definition) is 7. The maximum absolute atomic E-state index is 15.1. The van der Waals surface area contributed by atoms with Crippen molar-refractivity contribution in [2.24, 2.45) is 5.92 Å². The molecule has 1 saturated heterocycles. The number of rotatable bonds is 9. The lowest BCUT2D eigenvalue weighted by Crippen LogP contribution is -2.54. The minimum atomic E-state index is -4.87. The molecule has 3 saturated carbocycles. The summed E-state index contributed by atoms with van der Waals surface area (Å²) in [5.74, 6) is -1.83. The van der Waals surface area contributed by atoms with Gasteiger partial charge in [0.1, 0.15) is 29.2 Å². The predicted molar refractivity (Wildman–Crippen MR) is 139 cm³/mol. The quantitative estimate of drug-likeness (QED) is 0.363. The molecule has 1 amide bonds. The van der Waals surface area contributed by atoms with Gasteiger partial charge in [0, 0.05) is 35.5 Å². The van der Waals surface area contributed by atoms with Gasteiger partial charge in [-0.25, -0.2) is 17.5 Å². The minimum absolute atomic E-state index is 0.0121. The van der Waals surface area contributed by atoms with E-state index in [1.165, 1.54) is 12.1 Å². The van der Waals surface area contributed by atoms with Crippen LogP contribution < -0.4 is 24.2 Å². The highest BCUT2D eigenvalue weighted by Crippen LogP contribution is 2.47. The van der Waals surface area contributed by atoms with Crippen LogP contribution in [0.3, 0.4) is 0 Å². The third-order valence-corrected chi connectivity index (χ3v) is 9.84. The Hall–Kier alpha value is -2.77. The first-order valence-corrected chi connectivity index (χ1v) is 15.3. The molecule has 4 atom stereocenters. The number of fused-ring (bicyclic) bond motifs is 2. The topological polar surface area (TPSA) is 103 Å². The second-order valence-electron chi connectivity index (χ2n) is 11.0. The molecule has 0 spiro atoms. The SMILES string of the molecule is O=C(NS(=O)(=O)C1CC1)c1cc(C2CC2)c(O[C@@H]2[C@H]3CC[C@@H]2N[C@H](Oc2cc(Cl)cc(OC(F)(F)F)c2)C3)cc1F. The van der Waals surface area contributed by atoms with E-state index < -0.39 is 45.3 Å². The Labute approximate surface area is 238 Å². The number of alkyl halides is 3. The van der Waals surface area contributed by atoms with E-state index in [-0.39, 0.29) is 40.3 Å². The summed E-state index contributed by atoms with van der Waals surface area (Å²) in [5, 5.41) is 2.74. The van der Waals surface area contributed by atoms with Crippen molar-refractivity contribution >= 4 is 27.5 Å². The first kappa shape index (κ1) is 28.4. The highest BCUT2D eigenvalue weighted by Gasteiger charge is 2.46. The van der Waals surface area contributed by atoms with Crippen LogP contribution in [0.2, 0.25) is 5.02 Å². The number of nitrogens with one attached hydrogen (secondary N) is 2. The molecule has 1 heterocycles. The van der Waals surface area contributed by atoms with Crippen LogP contribution >= 0.6 is 11.6 Å². The Bertz CT molecular complexity index is 1450. The van der Waals surface area contributed by atoms with Gasteiger partial charge in [0.05, 0.1) is 10.8 Å². The van der Waals surface area contributed by atoms with Gasteiger partial charge in [-0.15, -0.1) is 13.2 Å². The van der Waals surface area contributed by atoms with Crippen molar-refractivity contribution in [3.05, 3.63) is 52.3 Å². The lowest BCUT2D eigenvalue weighted by molar-refractivity contribution is -0.274. The van der Waals surface area contributed by atoms with Gasteiger partial charge in [-0.2, -0.15) is 0 Å². The van der Waals surface area contributed by atoms with Crippen LogP contribution in [0.25, 0.3) is 0 Å². The molecule has 8 nitrogen and oxygen atoms in total.